The van der Waals surface area contributed by atoms with Crippen molar-refractivity contribution in [1.82, 2.24) is 5.32 Å². The summed E-state index contributed by atoms with van der Waals surface area (Å²) >= 11 is 5.83. The molecule has 0 aromatic heterocycles. The highest BCUT2D eigenvalue weighted by atomic mass is 35.5. The van der Waals surface area contributed by atoms with Gasteiger partial charge < -0.3 is 11.1 Å². The highest BCUT2D eigenvalue weighted by Crippen LogP contribution is 2.10. The summed E-state index contributed by atoms with van der Waals surface area (Å²) in [4.78, 5) is 11.6. The third-order valence-corrected chi connectivity index (χ3v) is 3.49. The van der Waals surface area contributed by atoms with Gasteiger partial charge in [0.2, 0.25) is 5.91 Å². The maximum Gasteiger partial charge on any atom is 0.219 e. The van der Waals surface area contributed by atoms with Gasteiger partial charge >= 0.3 is 0 Å². The highest BCUT2D eigenvalue weighted by molar-refractivity contribution is 6.30. The lowest BCUT2D eigenvalue weighted by Gasteiger charge is -2.05. The number of amides is 1. The molecular formula is C16H26Cl2N2O. The number of benzene rings is 1. The standard InChI is InChI=1S/C16H25ClN2O.ClH/c17-15-10-8-14(9-11-15)6-5-13-19-16(20)7-3-1-2-4-12-18;/h8-11H,1-7,12-13,18H2,(H,19,20);1H. The number of nitrogens with two attached hydrogens (primary N) is 1. The van der Waals surface area contributed by atoms with Gasteiger partial charge in [-0.25, -0.2) is 0 Å². The van der Waals surface area contributed by atoms with E-state index in [-0.39, 0.29) is 18.3 Å². The Labute approximate surface area is 139 Å². The average molecular weight is 333 g/mol. The monoisotopic (exact) mass is 332 g/mol. The normalized spacial score (nSPS) is 10.0. The van der Waals surface area contributed by atoms with Crippen LogP contribution in [-0.4, -0.2) is 19.0 Å². The minimum Gasteiger partial charge on any atom is -0.356 e. The van der Waals surface area contributed by atoms with Gasteiger partial charge in [-0.05, 0) is 49.9 Å². The first-order valence-electron chi connectivity index (χ1n) is 7.43. The molecule has 21 heavy (non-hydrogen) atoms. The van der Waals surface area contributed by atoms with E-state index in [1.165, 1.54) is 5.56 Å². The van der Waals surface area contributed by atoms with E-state index in [0.717, 1.165) is 56.6 Å². The Balaban J connectivity index is 0.00000400. The Kier molecular flexibility index (Phi) is 12.5. The Bertz CT molecular complexity index is 382. The quantitative estimate of drug-likeness (QED) is 0.641. The first-order valence-corrected chi connectivity index (χ1v) is 7.81. The van der Waals surface area contributed by atoms with Crippen molar-refractivity contribution in [1.29, 1.82) is 0 Å². The largest absolute Gasteiger partial charge is 0.356 e. The third kappa shape index (κ3) is 10.6. The SMILES string of the molecule is Cl.NCCCCCCC(=O)NCCCc1ccc(Cl)cc1. The lowest BCUT2D eigenvalue weighted by molar-refractivity contribution is -0.121. The molecule has 0 saturated heterocycles. The first-order chi connectivity index (χ1) is 9.72. The van der Waals surface area contributed by atoms with Crippen LogP contribution in [0.15, 0.2) is 24.3 Å². The number of aryl methyl sites for hydroxylation is 1. The predicted octanol–water partition coefficient (Wildman–Crippen LogP) is 3.72. The van der Waals surface area contributed by atoms with Gasteiger partial charge in [0, 0.05) is 18.0 Å². The molecule has 1 rings (SSSR count). The summed E-state index contributed by atoms with van der Waals surface area (Å²) in [5, 5.41) is 3.73. The van der Waals surface area contributed by atoms with Crippen LogP contribution < -0.4 is 11.1 Å². The fraction of sp³-hybridized carbons (Fsp3) is 0.562. The molecule has 1 amide bonds. The fourth-order valence-electron chi connectivity index (χ4n) is 2.04. The molecule has 0 heterocycles. The number of hydrogen-bond acceptors (Lipinski definition) is 2. The minimum atomic E-state index is 0. The minimum absolute atomic E-state index is 0. The Morgan fingerprint density at radius 1 is 1.05 bits per heavy atom. The average Bonchev–Trinajstić information content (AvgIpc) is 2.45. The van der Waals surface area contributed by atoms with Crippen LogP contribution in [-0.2, 0) is 11.2 Å². The molecule has 120 valence electrons. The van der Waals surface area contributed by atoms with E-state index in [9.17, 15) is 4.79 Å². The molecule has 0 spiro atoms. The number of rotatable bonds is 10. The van der Waals surface area contributed by atoms with Crippen molar-refractivity contribution in [3.63, 3.8) is 0 Å². The van der Waals surface area contributed by atoms with E-state index >= 15 is 0 Å². The van der Waals surface area contributed by atoms with Gasteiger partial charge in [0.05, 0.1) is 0 Å². The molecule has 0 atom stereocenters. The van der Waals surface area contributed by atoms with Crippen LogP contribution in [0.5, 0.6) is 0 Å². The van der Waals surface area contributed by atoms with Crippen LogP contribution in [0.25, 0.3) is 0 Å². The van der Waals surface area contributed by atoms with Gasteiger partial charge in [0.15, 0.2) is 0 Å². The van der Waals surface area contributed by atoms with Crippen LogP contribution in [0.4, 0.5) is 0 Å². The van der Waals surface area contributed by atoms with Crippen molar-refractivity contribution in [3.8, 4) is 0 Å². The molecule has 3 N–H and O–H groups in total. The molecule has 1 aromatic carbocycles. The second-order valence-electron chi connectivity index (χ2n) is 5.03. The highest BCUT2D eigenvalue weighted by Gasteiger charge is 2.00. The molecule has 0 bridgehead atoms. The van der Waals surface area contributed by atoms with E-state index in [1.807, 2.05) is 24.3 Å². The second-order valence-corrected chi connectivity index (χ2v) is 5.47. The van der Waals surface area contributed by atoms with Gasteiger partial charge in [0.1, 0.15) is 0 Å². The van der Waals surface area contributed by atoms with Crippen LogP contribution in [0.3, 0.4) is 0 Å². The van der Waals surface area contributed by atoms with Crippen molar-refractivity contribution in [3.05, 3.63) is 34.9 Å². The molecular weight excluding hydrogens is 307 g/mol. The van der Waals surface area contributed by atoms with E-state index in [1.54, 1.807) is 0 Å². The third-order valence-electron chi connectivity index (χ3n) is 3.24. The zero-order valence-electron chi connectivity index (χ0n) is 12.4. The van der Waals surface area contributed by atoms with Crippen LogP contribution in [0, 0.1) is 0 Å². The van der Waals surface area contributed by atoms with Crippen molar-refractivity contribution in [2.45, 2.75) is 44.9 Å². The number of halogens is 2. The van der Waals surface area contributed by atoms with E-state index in [2.05, 4.69) is 5.32 Å². The Morgan fingerprint density at radius 2 is 1.71 bits per heavy atom. The van der Waals surface area contributed by atoms with Crippen molar-refractivity contribution in [2.24, 2.45) is 5.73 Å². The lowest BCUT2D eigenvalue weighted by Crippen LogP contribution is -2.24. The van der Waals surface area contributed by atoms with Gasteiger partial charge in [-0.1, -0.05) is 36.6 Å². The molecule has 0 aliphatic rings. The van der Waals surface area contributed by atoms with Crippen LogP contribution in [0.1, 0.15) is 44.1 Å². The molecule has 0 aliphatic heterocycles. The summed E-state index contributed by atoms with van der Waals surface area (Å²) in [5.74, 6) is 0.161. The smallest absolute Gasteiger partial charge is 0.219 e. The maximum atomic E-state index is 11.6. The summed E-state index contributed by atoms with van der Waals surface area (Å²) in [6, 6.07) is 7.86. The summed E-state index contributed by atoms with van der Waals surface area (Å²) in [5.41, 5.74) is 6.68. The van der Waals surface area contributed by atoms with Crippen molar-refractivity contribution in [2.75, 3.05) is 13.1 Å². The Hall–Kier alpha value is -0.770. The van der Waals surface area contributed by atoms with E-state index in [0.29, 0.717) is 6.42 Å². The van der Waals surface area contributed by atoms with Gasteiger partial charge in [0.25, 0.3) is 0 Å². The zero-order chi connectivity index (χ0) is 14.6. The molecule has 0 radical (unpaired) electrons. The van der Waals surface area contributed by atoms with Crippen LogP contribution in [0.2, 0.25) is 5.02 Å². The molecule has 0 fully saturated rings. The molecule has 1 aromatic rings. The molecule has 0 unspecified atom stereocenters. The number of carbonyl (C=O) groups excluding carboxylic acids is 1. The lowest BCUT2D eigenvalue weighted by atomic mass is 10.1. The predicted molar refractivity (Wildman–Crippen MR) is 92.2 cm³/mol. The summed E-state index contributed by atoms with van der Waals surface area (Å²) in [7, 11) is 0. The van der Waals surface area contributed by atoms with Crippen LogP contribution >= 0.6 is 24.0 Å². The Morgan fingerprint density at radius 3 is 2.38 bits per heavy atom. The molecule has 0 saturated carbocycles. The van der Waals surface area contributed by atoms with Gasteiger partial charge in [-0.2, -0.15) is 0 Å². The van der Waals surface area contributed by atoms with Crippen molar-refractivity contribution >= 4 is 29.9 Å². The van der Waals surface area contributed by atoms with Gasteiger partial charge in [-0.15, -0.1) is 12.4 Å². The number of nitrogens with one attached hydrogen (secondary N) is 1. The topological polar surface area (TPSA) is 55.1 Å². The summed E-state index contributed by atoms with van der Waals surface area (Å²) < 4.78 is 0. The second kappa shape index (κ2) is 12.9. The van der Waals surface area contributed by atoms with E-state index in [4.69, 9.17) is 17.3 Å². The van der Waals surface area contributed by atoms with E-state index < -0.39 is 0 Å². The summed E-state index contributed by atoms with van der Waals surface area (Å²) in [6.45, 7) is 1.49. The molecule has 5 heteroatoms. The van der Waals surface area contributed by atoms with Gasteiger partial charge in [-0.3, -0.25) is 4.79 Å². The first kappa shape index (κ1) is 20.2. The maximum absolute atomic E-state index is 11.6. The number of carbonyl (C=O) groups is 1. The molecule has 0 aliphatic carbocycles. The fourth-order valence-corrected chi connectivity index (χ4v) is 2.17. The number of unbranched alkanes of at least 4 members (excludes halogenated alkanes) is 3. The number of hydrogen-bond donors (Lipinski definition) is 2. The summed E-state index contributed by atoms with van der Waals surface area (Å²) in [6.07, 6.45) is 6.79. The van der Waals surface area contributed by atoms with Crippen molar-refractivity contribution < 1.29 is 4.79 Å². The molecule has 3 nitrogen and oxygen atoms in total. The zero-order valence-corrected chi connectivity index (χ0v) is 14.0.